The van der Waals surface area contributed by atoms with Gasteiger partial charge in [-0.05, 0) is 84.1 Å². The van der Waals surface area contributed by atoms with E-state index in [1.807, 2.05) is 47.6 Å². The summed E-state index contributed by atoms with van der Waals surface area (Å²) < 4.78 is 23.8. The minimum absolute atomic E-state index is 0.00100. The third kappa shape index (κ3) is 24.5. The van der Waals surface area contributed by atoms with Crippen molar-refractivity contribution < 1.29 is 18.7 Å². The normalized spacial score (nSPS) is 12.3. The monoisotopic (exact) mass is 561 g/mol. The molecule has 1 fully saturated rings. The highest BCUT2D eigenvalue weighted by atomic mass is 19.1. The van der Waals surface area contributed by atoms with Gasteiger partial charge in [0.25, 0.3) is 0 Å². The van der Waals surface area contributed by atoms with Crippen LogP contribution in [0.4, 0.5) is 4.39 Å². The molecule has 0 N–H and O–H groups in total. The lowest BCUT2D eigenvalue weighted by molar-refractivity contribution is -0.121. The highest BCUT2D eigenvalue weighted by Crippen LogP contribution is 2.36. The summed E-state index contributed by atoms with van der Waals surface area (Å²) in [7, 11) is 0. The zero-order valence-electron chi connectivity index (χ0n) is 27.3. The van der Waals surface area contributed by atoms with Crippen LogP contribution in [-0.2, 0) is 9.53 Å². The Morgan fingerprint density at radius 1 is 1.15 bits per heavy atom. The molecule has 0 radical (unpaired) electrons. The van der Waals surface area contributed by atoms with Crippen LogP contribution in [0.15, 0.2) is 59.6 Å². The summed E-state index contributed by atoms with van der Waals surface area (Å²) in [5.41, 5.74) is 3.34. The first-order valence-electron chi connectivity index (χ1n) is 15.0. The fraction of sp³-hybridized carbons (Fsp3) is 0.600. The van der Waals surface area contributed by atoms with Crippen LogP contribution in [0.2, 0.25) is 0 Å². The summed E-state index contributed by atoms with van der Waals surface area (Å²) in [4.78, 5) is 15.0. The quantitative estimate of drug-likeness (QED) is 0.122. The van der Waals surface area contributed by atoms with E-state index in [0.29, 0.717) is 36.7 Å². The van der Waals surface area contributed by atoms with Gasteiger partial charge in [0.05, 0.1) is 0 Å². The van der Waals surface area contributed by atoms with Crippen LogP contribution in [0.5, 0.6) is 5.75 Å². The smallest absolute Gasteiger partial charge is 0.170 e. The van der Waals surface area contributed by atoms with Crippen molar-refractivity contribution in [2.45, 2.75) is 101 Å². The predicted molar refractivity (Wildman–Crippen MR) is 174 cm³/mol. The number of hydrogen-bond acceptors (Lipinski definition) is 4. The van der Waals surface area contributed by atoms with E-state index in [-0.39, 0.29) is 18.2 Å². The first-order valence-corrected chi connectivity index (χ1v) is 15.0. The molecule has 1 saturated carbocycles. The lowest BCUT2D eigenvalue weighted by Crippen LogP contribution is -2.12. The van der Waals surface area contributed by atoms with Crippen LogP contribution in [0, 0.1) is 24.6 Å². The molecule has 0 heterocycles. The lowest BCUT2D eigenvalue weighted by atomic mass is 9.96. The van der Waals surface area contributed by atoms with Gasteiger partial charge < -0.3 is 14.5 Å². The molecule has 0 saturated heterocycles. The molecule has 1 aliphatic rings. The molecule has 1 aromatic carbocycles. The van der Waals surface area contributed by atoms with Crippen LogP contribution >= 0.6 is 0 Å². The number of rotatable bonds is 15. The van der Waals surface area contributed by atoms with Crippen molar-refractivity contribution in [3.05, 3.63) is 66.0 Å². The van der Waals surface area contributed by atoms with Gasteiger partial charge in [0.15, 0.2) is 5.78 Å². The molecular formula is C35H60FNO3. The van der Waals surface area contributed by atoms with Gasteiger partial charge in [-0.15, -0.1) is 6.58 Å². The van der Waals surface area contributed by atoms with Crippen LogP contribution in [0.25, 0.3) is 0 Å². The maximum Gasteiger partial charge on any atom is 0.170 e. The van der Waals surface area contributed by atoms with Crippen molar-refractivity contribution in [1.82, 2.24) is 0 Å². The minimum atomic E-state index is -0.321. The van der Waals surface area contributed by atoms with E-state index >= 15 is 0 Å². The van der Waals surface area contributed by atoms with E-state index in [1.165, 1.54) is 24.5 Å². The summed E-state index contributed by atoms with van der Waals surface area (Å²) in [6, 6.07) is 4.59. The number of hydrogen-bond donors (Lipinski definition) is 0. The summed E-state index contributed by atoms with van der Waals surface area (Å²) in [5, 5.41) is 0. The topological polar surface area (TPSA) is 47.9 Å². The van der Waals surface area contributed by atoms with Crippen molar-refractivity contribution in [1.29, 1.82) is 0 Å². The van der Waals surface area contributed by atoms with E-state index < -0.39 is 0 Å². The summed E-state index contributed by atoms with van der Waals surface area (Å²) in [5.74, 6) is 1.43. The molecule has 40 heavy (non-hydrogen) atoms. The maximum absolute atomic E-state index is 13.2. The second kappa shape index (κ2) is 29.5. The molecule has 1 aromatic rings. The Morgan fingerprint density at radius 3 is 2.20 bits per heavy atom. The number of ketones is 1. The molecule has 230 valence electrons. The number of aryl methyl sites for hydroxylation is 1. The van der Waals surface area contributed by atoms with Crippen LogP contribution in [0.3, 0.4) is 0 Å². The second-order valence-corrected chi connectivity index (χ2v) is 9.14. The van der Waals surface area contributed by atoms with Gasteiger partial charge in [-0.3, -0.25) is 4.79 Å². The van der Waals surface area contributed by atoms with E-state index in [9.17, 15) is 9.18 Å². The van der Waals surface area contributed by atoms with Crippen molar-refractivity contribution >= 4 is 12.5 Å². The van der Waals surface area contributed by atoms with Gasteiger partial charge in [-0.2, -0.15) is 0 Å². The van der Waals surface area contributed by atoms with Crippen molar-refractivity contribution in [3.63, 3.8) is 0 Å². The first-order chi connectivity index (χ1) is 19.2. The van der Waals surface area contributed by atoms with E-state index in [4.69, 9.17) is 9.47 Å². The number of carbonyl (C=O) groups excluding carboxylic acids is 1. The molecule has 2 rings (SSSR count). The zero-order valence-corrected chi connectivity index (χ0v) is 27.3. The first kappa shape index (κ1) is 41.9. The Morgan fingerprint density at radius 2 is 1.75 bits per heavy atom. The molecule has 0 aliphatic heterocycles. The third-order valence-electron chi connectivity index (χ3n) is 5.69. The largest absolute Gasteiger partial charge is 0.486 e. The van der Waals surface area contributed by atoms with Gasteiger partial charge >= 0.3 is 0 Å². The average Bonchev–Trinajstić information content (AvgIpc) is 3.82. The number of carbonyl (C=O) groups is 1. The number of nitrogens with zero attached hydrogens (tertiary/aromatic N) is 1. The average molecular weight is 562 g/mol. The molecular weight excluding hydrogens is 501 g/mol. The number of benzene rings is 1. The van der Waals surface area contributed by atoms with Crippen molar-refractivity contribution in [3.8, 4) is 5.75 Å². The molecule has 1 aliphatic carbocycles. The SMILES string of the molecule is C=CC(C/C=C(\C)C1CC1)C(=C)C.C=NCC.CC.CC.CCCOCCCC(=O)COc1ccc(C)c(F)c1. The van der Waals surface area contributed by atoms with Crippen LogP contribution < -0.4 is 4.74 Å². The third-order valence-corrected chi connectivity index (χ3v) is 5.69. The molecule has 0 bridgehead atoms. The Bertz CT molecular complexity index is 828. The molecule has 5 heteroatoms. The summed E-state index contributed by atoms with van der Waals surface area (Å²) in [6.45, 7) is 31.2. The van der Waals surface area contributed by atoms with Gasteiger partial charge in [-0.1, -0.05) is 70.6 Å². The number of ether oxygens (including phenoxy) is 2. The fourth-order valence-electron chi connectivity index (χ4n) is 3.03. The van der Waals surface area contributed by atoms with E-state index in [2.05, 4.69) is 44.8 Å². The molecule has 0 spiro atoms. The molecule has 4 nitrogen and oxygen atoms in total. The Hall–Kier alpha value is -2.53. The zero-order chi connectivity index (χ0) is 31.3. The van der Waals surface area contributed by atoms with Crippen LogP contribution in [-0.4, -0.2) is 38.9 Å². The highest BCUT2D eigenvalue weighted by Gasteiger charge is 2.22. The maximum atomic E-state index is 13.2. The summed E-state index contributed by atoms with van der Waals surface area (Å²) in [6.07, 6.45) is 10.3. The van der Waals surface area contributed by atoms with Gasteiger partial charge in [-0.25, -0.2) is 4.39 Å². The van der Waals surface area contributed by atoms with Gasteiger partial charge in [0.1, 0.15) is 18.2 Å². The Labute approximate surface area is 246 Å². The fourth-order valence-corrected chi connectivity index (χ4v) is 3.03. The molecule has 1 unspecified atom stereocenters. The highest BCUT2D eigenvalue weighted by molar-refractivity contribution is 5.79. The number of aliphatic imine (C=N–C) groups is 1. The minimum Gasteiger partial charge on any atom is -0.486 e. The Kier molecular flexibility index (Phi) is 30.9. The van der Waals surface area contributed by atoms with Crippen molar-refractivity contribution in [2.24, 2.45) is 16.8 Å². The molecule has 1 atom stereocenters. The number of allylic oxidation sites excluding steroid dienone is 4. The lowest BCUT2D eigenvalue weighted by Gasteiger charge is -2.09. The van der Waals surface area contributed by atoms with E-state index in [0.717, 1.165) is 31.9 Å². The Balaban J connectivity index is -0.000000563. The number of halogens is 1. The molecule has 0 aromatic heterocycles. The van der Waals surface area contributed by atoms with E-state index in [1.54, 1.807) is 24.6 Å². The van der Waals surface area contributed by atoms with Crippen LogP contribution in [0.1, 0.15) is 99.5 Å². The van der Waals surface area contributed by atoms with Crippen molar-refractivity contribution in [2.75, 3.05) is 26.4 Å². The number of Topliss-reactive ketones (excluding diaryl/α,β-unsaturated/α-hetero) is 1. The van der Waals surface area contributed by atoms with Gasteiger partial charge in [0, 0.05) is 38.2 Å². The standard InChI is InChI=1S/C15H21FO3.C13H20.C3H7N.2C2H6/c1-3-8-18-9-4-5-13(17)11-19-14-7-6-12(2)15(16)10-14;1-5-12(10(2)3)7-6-11(4)13-8-9-13;1-3-4-2;2*1-2/h6-7,10H,3-5,8-9,11H2,1-2H3;5-6,12-13H,1-2,7-9H2,3-4H3;2-3H2,1H3;2*1-2H3/b;11-6+;;;. The van der Waals surface area contributed by atoms with Gasteiger partial charge in [0.2, 0.25) is 0 Å². The molecule has 0 amide bonds. The summed E-state index contributed by atoms with van der Waals surface area (Å²) >= 11 is 0. The predicted octanol–water partition coefficient (Wildman–Crippen LogP) is 10.2. The second-order valence-electron chi connectivity index (χ2n) is 9.14.